The van der Waals surface area contributed by atoms with E-state index in [-0.39, 0.29) is 30.1 Å². The highest BCUT2D eigenvalue weighted by Gasteiger charge is 2.42. The molecule has 0 saturated carbocycles. The van der Waals surface area contributed by atoms with Crippen LogP contribution in [0.2, 0.25) is 5.02 Å². The maximum absolute atomic E-state index is 12.9. The highest BCUT2D eigenvalue weighted by molar-refractivity contribution is 7.89. The van der Waals surface area contributed by atoms with E-state index in [2.05, 4.69) is 14.9 Å². The number of piperidine rings is 1. The van der Waals surface area contributed by atoms with Crippen LogP contribution in [0.15, 0.2) is 41.3 Å². The van der Waals surface area contributed by atoms with Crippen LogP contribution < -0.4 is 25.2 Å². The van der Waals surface area contributed by atoms with Crippen molar-refractivity contribution < 1.29 is 36.9 Å². The summed E-state index contributed by atoms with van der Waals surface area (Å²) in [6.07, 6.45) is 1.56. The van der Waals surface area contributed by atoms with E-state index >= 15 is 0 Å². The van der Waals surface area contributed by atoms with Crippen LogP contribution >= 0.6 is 11.6 Å². The molecule has 1 aliphatic heterocycles. The average Bonchev–Trinajstić information content (AvgIpc) is 3.35. The summed E-state index contributed by atoms with van der Waals surface area (Å²) in [5, 5.41) is 3.56. The smallest absolute Gasteiger partial charge is 0.407 e. The second-order valence-electron chi connectivity index (χ2n) is 12.3. The Morgan fingerprint density at radius 3 is 2.48 bits per heavy atom. The molecule has 1 aliphatic carbocycles. The zero-order chi connectivity index (χ0) is 33.3. The Hall–Kier alpha value is -2.65. The maximum Gasteiger partial charge on any atom is 0.407 e. The normalized spacial score (nSPS) is 20.3. The lowest BCUT2D eigenvalue weighted by Crippen LogP contribution is -2.53. The highest BCUT2D eigenvalue weighted by atomic mass is 35.5. The van der Waals surface area contributed by atoms with Crippen molar-refractivity contribution in [1.29, 1.82) is 0 Å². The fourth-order valence-corrected chi connectivity index (χ4v) is 6.98. The Morgan fingerprint density at radius 1 is 1.09 bits per heavy atom. The molecule has 4 rings (SSSR count). The molecule has 0 unspecified atom stereocenters. The summed E-state index contributed by atoms with van der Waals surface area (Å²) in [5.74, 6) is 1.21. The fraction of sp³-hybridized carbons (Fsp3) is 0.594. The van der Waals surface area contributed by atoms with Crippen LogP contribution in [0, 0.1) is 0 Å². The largest absolute Gasteiger partial charge is 0.496 e. The number of nitrogens with one attached hydrogen (secondary N) is 2. The molecule has 256 valence electrons. The number of likely N-dealkylation sites (tertiary alicyclic amines) is 1. The Labute approximate surface area is 277 Å². The number of methoxy groups -OCH3 is 1. The number of benzene rings is 2. The van der Waals surface area contributed by atoms with Crippen molar-refractivity contribution >= 4 is 27.7 Å². The van der Waals surface area contributed by atoms with Crippen molar-refractivity contribution in [1.82, 2.24) is 14.9 Å². The highest BCUT2D eigenvalue weighted by Crippen LogP contribution is 2.44. The number of nitrogens with zero attached hydrogens (tertiary/aromatic N) is 1. The monoisotopic (exact) mass is 682 g/mol. The predicted octanol–water partition coefficient (Wildman–Crippen LogP) is 3.65. The van der Waals surface area contributed by atoms with E-state index in [1.165, 1.54) is 12.1 Å². The summed E-state index contributed by atoms with van der Waals surface area (Å²) >= 11 is 6.50. The SMILES string of the molecule is COc1cc(Cl)cc2c1C[C@H](N1CCC[C@@H](NC(=O)OC(C)(C)C)C1)[C@H]2Oc1ccc(S(=O)(=O)NCCOCCOCCN)cc1. The van der Waals surface area contributed by atoms with Crippen LogP contribution in [0.1, 0.15) is 50.8 Å². The van der Waals surface area contributed by atoms with Gasteiger partial charge in [0.25, 0.3) is 0 Å². The molecule has 2 aromatic carbocycles. The molecule has 2 aromatic rings. The first-order chi connectivity index (χ1) is 21.9. The van der Waals surface area contributed by atoms with Gasteiger partial charge in [-0.25, -0.2) is 17.9 Å². The first-order valence-corrected chi connectivity index (χ1v) is 17.5. The molecule has 0 radical (unpaired) electrons. The van der Waals surface area contributed by atoms with Gasteiger partial charge in [-0.15, -0.1) is 0 Å². The fourth-order valence-electron chi connectivity index (χ4n) is 5.75. The number of carbonyl (C=O) groups is 1. The number of halogens is 1. The molecule has 1 amide bonds. The molecule has 1 fully saturated rings. The summed E-state index contributed by atoms with van der Waals surface area (Å²) < 4.78 is 56.7. The third-order valence-electron chi connectivity index (χ3n) is 7.71. The van der Waals surface area contributed by atoms with E-state index in [0.29, 0.717) is 55.9 Å². The minimum Gasteiger partial charge on any atom is -0.496 e. The number of rotatable bonds is 15. The predicted molar refractivity (Wildman–Crippen MR) is 175 cm³/mol. The van der Waals surface area contributed by atoms with Crippen molar-refractivity contribution in [2.75, 3.05) is 59.7 Å². The number of carbonyl (C=O) groups excluding carboxylic acids is 1. The summed E-state index contributed by atoms with van der Waals surface area (Å²) in [7, 11) is -2.13. The van der Waals surface area contributed by atoms with Gasteiger partial charge in [0, 0.05) is 41.8 Å². The van der Waals surface area contributed by atoms with E-state index in [1.807, 2.05) is 26.8 Å². The van der Waals surface area contributed by atoms with Crippen molar-refractivity contribution in [3.8, 4) is 11.5 Å². The zero-order valence-electron chi connectivity index (χ0n) is 27.1. The first kappa shape index (κ1) is 36.2. The van der Waals surface area contributed by atoms with Gasteiger partial charge in [0.05, 0.1) is 44.5 Å². The standard InChI is InChI=1S/C32H47ClN4O8S/c1-32(2,3)45-31(38)36-23-6-5-13-37(21-23)28-20-26-27(18-22(33)19-29(26)41-4)30(28)44-24-7-9-25(10-8-24)46(39,40)35-12-15-43-17-16-42-14-11-34/h7-10,18-19,23,28,30,35H,5-6,11-17,20-21,34H2,1-4H3,(H,36,38)/t23-,28+,30+/m1/s1. The number of amides is 1. The zero-order valence-corrected chi connectivity index (χ0v) is 28.6. The van der Waals surface area contributed by atoms with Crippen molar-refractivity contribution in [2.45, 2.75) is 68.7 Å². The number of hydrogen-bond donors (Lipinski definition) is 3. The quantitative estimate of drug-likeness (QED) is 0.238. The number of ether oxygens (including phenoxy) is 5. The van der Waals surface area contributed by atoms with E-state index < -0.39 is 27.8 Å². The van der Waals surface area contributed by atoms with E-state index in [1.54, 1.807) is 25.3 Å². The Balaban J connectivity index is 1.44. The third-order valence-corrected chi connectivity index (χ3v) is 9.41. The summed E-state index contributed by atoms with van der Waals surface area (Å²) in [6, 6.07) is 9.89. The van der Waals surface area contributed by atoms with Crippen LogP contribution in [0.5, 0.6) is 11.5 Å². The third kappa shape index (κ3) is 10.2. The second kappa shape index (κ2) is 16.4. The molecular weight excluding hydrogens is 636 g/mol. The lowest BCUT2D eigenvalue weighted by Gasteiger charge is -2.39. The van der Waals surface area contributed by atoms with Gasteiger partial charge in [-0.2, -0.15) is 0 Å². The molecule has 14 heteroatoms. The molecule has 1 saturated heterocycles. The number of nitrogens with two attached hydrogens (primary N) is 1. The summed E-state index contributed by atoms with van der Waals surface area (Å²) in [5.41, 5.74) is 6.72. The van der Waals surface area contributed by atoms with Crippen LogP contribution in [-0.4, -0.2) is 96.8 Å². The molecule has 2 aliphatic rings. The lowest BCUT2D eigenvalue weighted by molar-refractivity contribution is 0.0362. The minimum absolute atomic E-state index is 0.0728. The van der Waals surface area contributed by atoms with Gasteiger partial charge < -0.3 is 34.7 Å². The number of sulfonamides is 1. The van der Waals surface area contributed by atoms with E-state index in [9.17, 15) is 13.2 Å². The molecule has 12 nitrogen and oxygen atoms in total. The van der Waals surface area contributed by atoms with Gasteiger partial charge in [-0.1, -0.05) is 11.6 Å². The van der Waals surface area contributed by atoms with Gasteiger partial charge in [0.1, 0.15) is 23.2 Å². The molecule has 4 N–H and O–H groups in total. The Morgan fingerprint density at radius 2 is 1.80 bits per heavy atom. The molecule has 1 heterocycles. The molecule has 3 atom stereocenters. The number of alkyl carbamates (subject to hydrolysis) is 1. The topological polar surface area (TPSA) is 151 Å². The van der Waals surface area contributed by atoms with Crippen LogP contribution in [0.4, 0.5) is 4.79 Å². The van der Waals surface area contributed by atoms with Gasteiger partial charge in [-0.05, 0) is 83.0 Å². The van der Waals surface area contributed by atoms with Crippen LogP contribution in [-0.2, 0) is 30.7 Å². The van der Waals surface area contributed by atoms with Crippen LogP contribution in [0.25, 0.3) is 0 Å². The van der Waals surface area contributed by atoms with E-state index in [4.69, 9.17) is 41.0 Å². The number of hydrogen-bond acceptors (Lipinski definition) is 10. The Bertz CT molecular complexity index is 1400. The summed E-state index contributed by atoms with van der Waals surface area (Å²) in [4.78, 5) is 15.0. The van der Waals surface area contributed by atoms with Gasteiger partial charge in [0.2, 0.25) is 10.0 Å². The van der Waals surface area contributed by atoms with Crippen molar-refractivity contribution in [3.63, 3.8) is 0 Å². The van der Waals surface area contributed by atoms with Gasteiger partial charge >= 0.3 is 6.09 Å². The van der Waals surface area contributed by atoms with Crippen molar-refractivity contribution in [2.24, 2.45) is 5.73 Å². The average molecular weight is 683 g/mol. The van der Waals surface area contributed by atoms with Crippen molar-refractivity contribution in [3.05, 3.63) is 52.5 Å². The first-order valence-electron chi connectivity index (χ1n) is 15.6. The van der Waals surface area contributed by atoms with Gasteiger partial charge in [-0.3, -0.25) is 4.90 Å². The van der Waals surface area contributed by atoms with E-state index in [0.717, 1.165) is 30.5 Å². The lowest BCUT2D eigenvalue weighted by atomic mass is 10.0. The van der Waals surface area contributed by atoms with Crippen LogP contribution in [0.3, 0.4) is 0 Å². The Kier molecular flexibility index (Phi) is 12.9. The van der Waals surface area contributed by atoms with Gasteiger partial charge in [0.15, 0.2) is 0 Å². The summed E-state index contributed by atoms with van der Waals surface area (Å²) in [6.45, 7) is 8.97. The minimum atomic E-state index is -3.74. The number of fused-ring (bicyclic) bond motifs is 1. The molecule has 0 bridgehead atoms. The molecule has 0 aromatic heterocycles. The molecule has 46 heavy (non-hydrogen) atoms. The maximum atomic E-state index is 12.9. The second-order valence-corrected chi connectivity index (χ2v) is 14.6. The molecular formula is C32H47ClN4O8S. The molecule has 0 spiro atoms.